The third kappa shape index (κ3) is 3.25. The first-order chi connectivity index (χ1) is 9.81. The topological polar surface area (TPSA) is 84.3 Å². The minimum Gasteiger partial charge on any atom is -0.478 e. The number of aromatic carboxylic acids is 1. The van der Waals surface area contributed by atoms with Crippen molar-refractivity contribution in [1.29, 1.82) is 0 Å². The maximum atomic E-state index is 13.7. The highest BCUT2D eigenvalue weighted by Crippen LogP contribution is 2.22. The van der Waals surface area contributed by atoms with Gasteiger partial charge in [0.25, 0.3) is 0 Å². The van der Waals surface area contributed by atoms with E-state index in [4.69, 9.17) is 5.11 Å². The van der Waals surface area contributed by atoms with E-state index in [0.29, 0.717) is 5.69 Å². The number of nitrogens with zero attached hydrogens (tertiary/aromatic N) is 1. The lowest BCUT2D eigenvalue weighted by Crippen LogP contribution is -2.10. The fraction of sp³-hybridized carbons (Fsp3) is 0.143. The van der Waals surface area contributed by atoms with E-state index < -0.39 is 27.2 Å². The highest BCUT2D eigenvalue weighted by atomic mass is 32.2. The molecule has 1 heterocycles. The Morgan fingerprint density at radius 1 is 1.33 bits per heavy atom. The quantitative estimate of drug-likeness (QED) is 0.875. The van der Waals surface area contributed by atoms with E-state index in [0.717, 1.165) is 12.1 Å². The Hall–Kier alpha value is -2.28. The molecule has 1 N–H and O–H groups in total. The molecule has 110 valence electrons. The monoisotopic (exact) mass is 309 g/mol. The van der Waals surface area contributed by atoms with Crippen LogP contribution in [0.15, 0.2) is 41.4 Å². The number of rotatable bonds is 4. The summed E-state index contributed by atoms with van der Waals surface area (Å²) in [5.41, 5.74) is -0.361. The third-order valence-corrected chi connectivity index (χ3v) is 4.51. The second-order valence-corrected chi connectivity index (χ2v) is 6.48. The van der Waals surface area contributed by atoms with Gasteiger partial charge < -0.3 is 5.11 Å². The van der Waals surface area contributed by atoms with Crippen LogP contribution in [0.4, 0.5) is 4.39 Å². The molecule has 0 spiro atoms. The summed E-state index contributed by atoms with van der Waals surface area (Å²) in [4.78, 5) is 14.6. The second kappa shape index (κ2) is 5.61. The molecule has 21 heavy (non-hydrogen) atoms. The zero-order chi connectivity index (χ0) is 15.6. The summed E-state index contributed by atoms with van der Waals surface area (Å²) in [6.45, 7) is 1.32. The number of sulfone groups is 1. The Morgan fingerprint density at radius 3 is 2.62 bits per heavy atom. The molecule has 7 heteroatoms. The number of aromatic nitrogens is 1. The zero-order valence-corrected chi connectivity index (χ0v) is 11.9. The zero-order valence-electron chi connectivity index (χ0n) is 11.1. The van der Waals surface area contributed by atoms with E-state index in [9.17, 15) is 17.6 Å². The van der Waals surface area contributed by atoms with Gasteiger partial charge in [-0.25, -0.2) is 17.6 Å². The number of carbonyl (C=O) groups is 1. The van der Waals surface area contributed by atoms with Crippen molar-refractivity contribution < 1.29 is 22.7 Å². The van der Waals surface area contributed by atoms with Crippen LogP contribution in [-0.4, -0.2) is 24.5 Å². The van der Waals surface area contributed by atoms with Gasteiger partial charge in [0.15, 0.2) is 9.84 Å². The number of hydrogen-bond donors (Lipinski definition) is 1. The van der Waals surface area contributed by atoms with Crippen LogP contribution in [0.25, 0.3) is 0 Å². The highest BCUT2D eigenvalue weighted by Gasteiger charge is 2.22. The van der Waals surface area contributed by atoms with Crippen LogP contribution >= 0.6 is 0 Å². The van der Waals surface area contributed by atoms with Crippen molar-refractivity contribution in [2.24, 2.45) is 0 Å². The van der Waals surface area contributed by atoms with Crippen LogP contribution in [0, 0.1) is 12.7 Å². The maximum Gasteiger partial charge on any atom is 0.338 e. The Morgan fingerprint density at radius 2 is 2.05 bits per heavy atom. The fourth-order valence-electron chi connectivity index (χ4n) is 1.83. The van der Waals surface area contributed by atoms with E-state index in [-0.39, 0.29) is 16.2 Å². The first kappa shape index (κ1) is 15.1. The lowest BCUT2D eigenvalue weighted by Gasteiger charge is -2.08. The number of halogens is 1. The van der Waals surface area contributed by atoms with Crippen molar-refractivity contribution in [3.05, 3.63) is 59.2 Å². The molecule has 5 nitrogen and oxygen atoms in total. The fourth-order valence-corrected chi connectivity index (χ4v) is 3.21. The average Bonchev–Trinajstić information content (AvgIpc) is 2.41. The Labute approximate surface area is 121 Å². The van der Waals surface area contributed by atoms with E-state index >= 15 is 0 Å². The summed E-state index contributed by atoms with van der Waals surface area (Å²) in [5.74, 6) is -2.82. The average molecular weight is 309 g/mol. The number of carboxylic acids is 1. The van der Waals surface area contributed by atoms with E-state index in [1.165, 1.54) is 13.1 Å². The predicted molar refractivity (Wildman–Crippen MR) is 73.2 cm³/mol. The van der Waals surface area contributed by atoms with E-state index in [2.05, 4.69) is 4.98 Å². The van der Waals surface area contributed by atoms with Crippen molar-refractivity contribution in [2.75, 3.05) is 0 Å². The molecule has 0 aliphatic heterocycles. The molecule has 0 amide bonds. The Bertz CT molecular complexity index is 788. The molecule has 0 unspecified atom stereocenters. The molecule has 1 aromatic heterocycles. The molecular formula is C14H12FNO4S. The van der Waals surface area contributed by atoms with Gasteiger partial charge >= 0.3 is 5.97 Å². The molecule has 0 radical (unpaired) electrons. The van der Waals surface area contributed by atoms with Crippen molar-refractivity contribution in [1.82, 2.24) is 4.98 Å². The molecular weight excluding hydrogens is 297 g/mol. The molecule has 0 atom stereocenters. The van der Waals surface area contributed by atoms with Gasteiger partial charge in [-0.1, -0.05) is 6.07 Å². The molecule has 2 rings (SSSR count). The number of hydrogen-bond acceptors (Lipinski definition) is 4. The molecule has 0 saturated carbocycles. The maximum absolute atomic E-state index is 13.7. The van der Waals surface area contributed by atoms with Gasteiger partial charge in [0.05, 0.1) is 21.9 Å². The standard InChI is InChI=1S/C14H12FNO4S/c1-9-6-11(7-12(13(9)15)14(17)18)21(19,20)8-10-4-2-3-5-16-10/h2-7H,8H2,1H3,(H,17,18). The predicted octanol–water partition coefficient (Wildman–Crippen LogP) is 2.20. The van der Waals surface area contributed by atoms with Crippen molar-refractivity contribution in [3.63, 3.8) is 0 Å². The largest absolute Gasteiger partial charge is 0.478 e. The molecule has 0 bridgehead atoms. The van der Waals surface area contributed by atoms with Crippen LogP contribution < -0.4 is 0 Å². The first-order valence-electron chi connectivity index (χ1n) is 5.97. The lowest BCUT2D eigenvalue weighted by atomic mass is 10.1. The Kier molecular flexibility index (Phi) is 4.04. The van der Waals surface area contributed by atoms with E-state index in [1.54, 1.807) is 18.2 Å². The van der Waals surface area contributed by atoms with Crippen molar-refractivity contribution in [3.8, 4) is 0 Å². The van der Waals surface area contributed by atoms with Gasteiger partial charge in [-0.05, 0) is 36.8 Å². The summed E-state index contributed by atoms with van der Waals surface area (Å²) in [6, 6.07) is 6.81. The van der Waals surface area contributed by atoms with Crippen LogP contribution in [0.1, 0.15) is 21.6 Å². The smallest absolute Gasteiger partial charge is 0.338 e. The van der Waals surface area contributed by atoms with Crippen molar-refractivity contribution in [2.45, 2.75) is 17.6 Å². The van der Waals surface area contributed by atoms with Crippen LogP contribution in [0.2, 0.25) is 0 Å². The summed E-state index contributed by atoms with van der Waals surface area (Å²) >= 11 is 0. The van der Waals surface area contributed by atoms with Crippen molar-refractivity contribution >= 4 is 15.8 Å². The Balaban J connectivity index is 2.48. The SMILES string of the molecule is Cc1cc(S(=O)(=O)Cc2ccccn2)cc(C(=O)O)c1F. The van der Waals surface area contributed by atoms with Crippen LogP contribution in [0.5, 0.6) is 0 Å². The molecule has 2 aromatic rings. The van der Waals surface area contributed by atoms with Gasteiger partial charge in [0.2, 0.25) is 0 Å². The molecule has 0 aliphatic carbocycles. The third-order valence-electron chi connectivity index (χ3n) is 2.88. The van der Waals surface area contributed by atoms with Gasteiger partial charge in [0.1, 0.15) is 5.82 Å². The lowest BCUT2D eigenvalue weighted by molar-refractivity contribution is 0.0691. The number of aryl methyl sites for hydroxylation is 1. The van der Waals surface area contributed by atoms with Gasteiger partial charge in [-0.15, -0.1) is 0 Å². The van der Waals surface area contributed by atoms with Gasteiger partial charge in [0, 0.05) is 6.20 Å². The highest BCUT2D eigenvalue weighted by molar-refractivity contribution is 7.90. The van der Waals surface area contributed by atoms with Crippen LogP contribution in [-0.2, 0) is 15.6 Å². The summed E-state index contributed by atoms with van der Waals surface area (Å²) in [7, 11) is -3.80. The van der Waals surface area contributed by atoms with Gasteiger partial charge in [-0.2, -0.15) is 0 Å². The number of pyridine rings is 1. The van der Waals surface area contributed by atoms with E-state index in [1.807, 2.05) is 0 Å². The second-order valence-electron chi connectivity index (χ2n) is 4.49. The summed E-state index contributed by atoms with van der Waals surface area (Å²) < 4.78 is 38.2. The normalized spacial score (nSPS) is 11.3. The first-order valence-corrected chi connectivity index (χ1v) is 7.62. The minimum absolute atomic E-state index is 0.0329. The summed E-state index contributed by atoms with van der Waals surface area (Å²) in [5, 5.41) is 8.92. The molecule has 0 fully saturated rings. The number of carboxylic acid groups (broad SMARTS) is 1. The number of benzene rings is 1. The molecule has 1 aromatic carbocycles. The minimum atomic E-state index is -3.80. The van der Waals surface area contributed by atoms with Gasteiger partial charge in [-0.3, -0.25) is 4.98 Å². The molecule has 0 aliphatic rings. The summed E-state index contributed by atoms with van der Waals surface area (Å²) in [6.07, 6.45) is 1.46. The van der Waals surface area contributed by atoms with Crippen LogP contribution in [0.3, 0.4) is 0 Å². The molecule has 0 saturated heterocycles.